The minimum atomic E-state index is -0.845. The number of carbonyl (C=O) groups is 1. The molecule has 2 aromatic rings. The van der Waals surface area contributed by atoms with Gasteiger partial charge < -0.3 is 9.84 Å². The van der Waals surface area contributed by atoms with E-state index < -0.39 is 18.0 Å². The van der Waals surface area contributed by atoms with Crippen LogP contribution in [0.5, 0.6) is 0 Å². The molecule has 0 fully saturated rings. The molecular weight excluding hydrogens is 228 g/mol. The number of hydrogen-bond acceptors (Lipinski definition) is 3. The van der Waals surface area contributed by atoms with Gasteiger partial charge in [0.2, 0.25) is 0 Å². The molecule has 3 heteroatoms. The quantitative estimate of drug-likeness (QED) is 0.844. The second-order valence-electron chi connectivity index (χ2n) is 4.36. The molecule has 0 saturated carbocycles. The summed E-state index contributed by atoms with van der Waals surface area (Å²) in [5, 5.41) is 12.3. The Morgan fingerprint density at radius 3 is 2.50 bits per heavy atom. The van der Waals surface area contributed by atoms with Gasteiger partial charge in [-0.05, 0) is 29.3 Å². The summed E-state index contributed by atoms with van der Waals surface area (Å²) in [6.45, 7) is 1.66. The van der Waals surface area contributed by atoms with Crippen LogP contribution >= 0.6 is 0 Å². The summed E-state index contributed by atoms with van der Waals surface area (Å²) >= 11 is 0. The fourth-order valence-electron chi connectivity index (χ4n) is 2.00. The Morgan fingerprint density at radius 2 is 1.83 bits per heavy atom. The molecule has 2 rings (SSSR count). The monoisotopic (exact) mass is 244 g/mol. The first kappa shape index (κ1) is 12.6. The maximum absolute atomic E-state index is 11.4. The topological polar surface area (TPSA) is 46.5 Å². The highest BCUT2D eigenvalue weighted by Crippen LogP contribution is 2.26. The molecule has 0 radical (unpaired) electrons. The molecule has 0 heterocycles. The van der Waals surface area contributed by atoms with Gasteiger partial charge in [0, 0.05) is 0 Å². The molecular formula is C15H16O3. The molecule has 1 N–H and O–H groups in total. The molecule has 0 aromatic heterocycles. The highest BCUT2D eigenvalue weighted by molar-refractivity contribution is 5.83. The van der Waals surface area contributed by atoms with E-state index in [-0.39, 0.29) is 0 Å². The average Bonchev–Trinajstić information content (AvgIpc) is 2.44. The molecule has 94 valence electrons. The maximum Gasteiger partial charge on any atom is 0.311 e. The van der Waals surface area contributed by atoms with Gasteiger partial charge in [-0.3, -0.25) is 4.79 Å². The van der Waals surface area contributed by atoms with Crippen LogP contribution in [0.1, 0.15) is 18.6 Å². The molecule has 0 aliphatic rings. The fourth-order valence-corrected chi connectivity index (χ4v) is 2.00. The van der Waals surface area contributed by atoms with E-state index in [2.05, 4.69) is 4.74 Å². The van der Waals surface area contributed by atoms with Crippen molar-refractivity contribution in [2.75, 3.05) is 7.11 Å². The molecule has 2 unspecified atom stereocenters. The minimum absolute atomic E-state index is 0.407. The number of benzene rings is 2. The van der Waals surface area contributed by atoms with Gasteiger partial charge in [0.25, 0.3) is 0 Å². The molecule has 0 spiro atoms. The number of fused-ring (bicyclic) bond motifs is 1. The van der Waals surface area contributed by atoms with Crippen molar-refractivity contribution in [3.63, 3.8) is 0 Å². The van der Waals surface area contributed by atoms with Crippen LogP contribution in [0.4, 0.5) is 0 Å². The number of aliphatic hydroxyl groups is 1. The predicted octanol–water partition coefficient (Wildman–Crippen LogP) is 2.68. The standard InChI is InChI=1S/C15H16O3/c1-10(15(17)18-2)14(16)13-8-7-11-5-3-4-6-12(11)9-13/h3-10,14,16H,1-2H3. The molecule has 0 aliphatic heterocycles. The van der Waals surface area contributed by atoms with Crippen LogP contribution in [-0.2, 0) is 9.53 Å². The van der Waals surface area contributed by atoms with Crippen molar-refractivity contribution in [3.8, 4) is 0 Å². The number of rotatable bonds is 3. The third-order valence-electron chi connectivity index (χ3n) is 3.16. The van der Waals surface area contributed by atoms with E-state index in [9.17, 15) is 9.90 Å². The van der Waals surface area contributed by atoms with Crippen molar-refractivity contribution in [1.82, 2.24) is 0 Å². The van der Waals surface area contributed by atoms with Gasteiger partial charge in [0.1, 0.15) is 0 Å². The number of methoxy groups -OCH3 is 1. The van der Waals surface area contributed by atoms with Gasteiger partial charge in [0.05, 0.1) is 19.1 Å². The summed E-state index contributed by atoms with van der Waals surface area (Å²) in [6.07, 6.45) is -0.845. The molecule has 2 atom stereocenters. The van der Waals surface area contributed by atoms with E-state index in [0.717, 1.165) is 16.3 Å². The lowest BCUT2D eigenvalue weighted by atomic mass is 9.95. The van der Waals surface area contributed by atoms with Gasteiger partial charge >= 0.3 is 5.97 Å². The number of ether oxygens (including phenoxy) is 1. The van der Waals surface area contributed by atoms with Crippen molar-refractivity contribution in [2.24, 2.45) is 5.92 Å². The Kier molecular flexibility index (Phi) is 3.63. The Balaban J connectivity index is 2.33. The van der Waals surface area contributed by atoms with Gasteiger partial charge in [-0.1, -0.05) is 36.4 Å². The SMILES string of the molecule is COC(=O)C(C)C(O)c1ccc2ccccc2c1. The van der Waals surface area contributed by atoms with E-state index in [0.29, 0.717) is 0 Å². The third-order valence-corrected chi connectivity index (χ3v) is 3.16. The number of esters is 1. The van der Waals surface area contributed by atoms with Crippen LogP contribution in [-0.4, -0.2) is 18.2 Å². The lowest BCUT2D eigenvalue weighted by molar-refractivity contribution is -0.148. The molecule has 18 heavy (non-hydrogen) atoms. The first-order valence-corrected chi connectivity index (χ1v) is 5.88. The lowest BCUT2D eigenvalue weighted by Crippen LogP contribution is -2.20. The largest absolute Gasteiger partial charge is 0.469 e. The Morgan fingerprint density at radius 1 is 1.17 bits per heavy atom. The van der Waals surface area contributed by atoms with E-state index in [1.807, 2.05) is 42.5 Å². The molecule has 0 aliphatic carbocycles. The summed E-state index contributed by atoms with van der Waals surface area (Å²) < 4.78 is 4.64. The molecule has 0 amide bonds. The van der Waals surface area contributed by atoms with E-state index in [1.165, 1.54) is 7.11 Å². The zero-order valence-corrected chi connectivity index (χ0v) is 10.5. The van der Waals surface area contributed by atoms with Crippen LogP contribution in [0.3, 0.4) is 0 Å². The van der Waals surface area contributed by atoms with Crippen molar-refractivity contribution in [3.05, 3.63) is 48.0 Å². The molecule has 0 saturated heterocycles. The Hall–Kier alpha value is -1.87. The van der Waals surface area contributed by atoms with Crippen molar-refractivity contribution >= 4 is 16.7 Å². The average molecular weight is 244 g/mol. The van der Waals surface area contributed by atoms with Crippen LogP contribution in [0.2, 0.25) is 0 Å². The second-order valence-corrected chi connectivity index (χ2v) is 4.36. The summed E-state index contributed by atoms with van der Waals surface area (Å²) in [4.78, 5) is 11.4. The van der Waals surface area contributed by atoms with Crippen molar-refractivity contribution < 1.29 is 14.6 Å². The summed E-state index contributed by atoms with van der Waals surface area (Å²) in [5.74, 6) is -0.980. The Bertz CT molecular complexity index is 562. The van der Waals surface area contributed by atoms with Crippen molar-refractivity contribution in [1.29, 1.82) is 0 Å². The van der Waals surface area contributed by atoms with E-state index in [4.69, 9.17) is 0 Å². The molecule has 0 bridgehead atoms. The number of hydrogen-bond donors (Lipinski definition) is 1. The van der Waals surface area contributed by atoms with E-state index >= 15 is 0 Å². The van der Waals surface area contributed by atoms with Gasteiger partial charge in [0.15, 0.2) is 0 Å². The Labute approximate surface area is 106 Å². The zero-order valence-electron chi connectivity index (χ0n) is 10.5. The maximum atomic E-state index is 11.4. The van der Waals surface area contributed by atoms with Gasteiger partial charge in [-0.15, -0.1) is 0 Å². The smallest absolute Gasteiger partial charge is 0.311 e. The zero-order chi connectivity index (χ0) is 13.1. The van der Waals surface area contributed by atoms with Crippen molar-refractivity contribution in [2.45, 2.75) is 13.0 Å². The minimum Gasteiger partial charge on any atom is -0.469 e. The highest BCUT2D eigenvalue weighted by atomic mass is 16.5. The summed E-state index contributed by atoms with van der Waals surface area (Å²) in [6, 6.07) is 13.6. The van der Waals surface area contributed by atoms with Gasteiger partial charge in [-0.25, -0.2) is 0 Å². The third kappa shape index (κ3) is 2.36. The number of aliphatic hydroxyl groups excluding tert-OH is 1. The second kappa shape index (κ2) is 5.19. The van der Waals surface area contributed by atoms with Crippen LogP contribution < -0.4 is 0 Å². The first-order chi connectivity index (χ1) is 8.63. The van der Waals surface area contributed by atoms with E-state index in [1.54, 1.807) is 6.92 Å². The summed E-state index contributed by atoms with van der Waals surface area (Å²) in [7, 11) is 1.33. The van der Waals surface area contributed by atoms with Crippen LogP contribution in [0.15, 0.2) is 42.5 Å². The van der Waals surface area contributed by atoms with Crippen LogP contribution in [0.25, 0.3) is 10.8 Å². The normalized spacial score (nSPS) is 14.2. The molecule has 3 nitrogen and oxygen atoms in total. The first-order valence-electron chi connectivity index (χ1n) is 5.88. The fraction of sp³-hybridized carbons (Fsp3) is 0.267. The molecule has 2 aromatic carbocycles. The predicted molar refractivity (Wildman–Crippen MR) is 70.1 cm³/mol. The van der Waals surface area contributed by atoms with Crippen LogP contribution in [0, 0.1) is 5.92 Å². The van der Waals surface area contributed by atoms with Gasteiger partial charge in [-0.2, -0.15) is 0 Å². The highest BCUT2D eigenvalue weighted by Gasteiger charge is 2.24. The lowest BCUT2D eigenvalue weighted by Gasteiger charge is -2.17. The summed E-state index contributed by atoms with van der Waals surface area (Å²) in [5.41, 5.74) is 0.728. The number of carbonyl (C=O) groups excluding carboxylic acids is 1.